The molecule has 0 unspecified atom stereocenters. The number of carbonyl (C=O) groups excluding carboxylic acids is 2. The monoisotopic (exact) mass is 366 g/mol. The number of aromatic nitrogens is 2. The lowest BCUT2D eigenvalue weighted by Crippen LogP contribution is -2.22. The Morgan fingerprint density at radius 1 is 1.40 bits per heavy atom. The maximum atomic E-state index is 12.0. The van der Waals surface area contributed by atoms with E-state index < -0.39 is 29.1 Å². The van der Waals surface area contributed by atoms with Gasteiger partial charge < -0.3 is 10.1 Å². The maximum Gasteiger partial charge on any atom is 0.345 e. The van der Waals surface area contributed by atoms with Gasteiger partial charge >= 0.3 is 5.97 Å². The summed E-state index contributed by atoms with van der Waals surface area (Å²) < 4.78 is 6.46. The highest BCUT2D eigenvalue weighted by Crippen LogP contribution is 2.23. The first-order valence-corrected chi connectivity index (χ1v) is 7.49. The molecule has 1 heterocycles. The molecule has 0 aliphatic carbocycles. The van der Waals surface area contributed by atoms with E-state index in [0.717, 1.165) is 17.8 Å². The summed E-state index contributed by atoms with van der Waals surface area (Å²) in [7, 11) is 1.73. The van der Waals surface area contributed by atoms with Crippen molar-refractivity contribution in [2.24, 2.45) is 7.05 Å². The summed E-state index contributed by atoms with van der Waals surface area (Å²) in [5.74, 6) is -1.60. The van der Waals surface area contributed by atoms with Gasteiger partial charge in [-0.1, -0.05) is 11.6 Å². The molecule has 0 bridgehead atoms. The number of nitrogens with one attached hydrogen (secondary N) is 1. The van der Waals surface area contributed by atoms with Crippen molar-refractivity contribution in [1.29, 1.82) is 0 Å². The number of halogens is 1. The predicted molar refractivity (Wildman–Crippen MR) is 89.7 cm³/mol. The van der Waals surface area contributed by atoms with Crippen molar-refractivity contribution in [3.8, 4) is 0 Å². The van der Waals surface area contributed by atoms with Crippen molar-refractivity contribution in [2.45, 2.75) is 13.8 Å². The van der Waals surface area contributed by atoms with Crippen LogP contribution >= 0.6 is 11.6 Å². The second-order valence-corrected chi connectivity index (χ2v) is 5.65. The number of esters is 1. The minimum atomic E-state index is -1.01. The molecule has 1 N–H and O–H groups in total. The van der Waals surface area contributed by atoms with Gasteiger partial charge in [0.1, 0.15) is 5.56 Å². The number of aryl methyl sites for hydroxylation is 2. The van der Waals surface area contributed by atoms with Gasteiger partial charge in [0, 0.05) is 18.1 Å². The van der Waals surface area contributed by atoms with Crippen molar-refractivity contribution in [3.05, 3.63) is 50.3 Å². The number of hydrogen-bond acceptors (Lipinski definition) is 6. The van der Waals surface area contributed by atoms with Gasteiger partial charge in [-0.2, -0.15) is 5.10 Å². The maximum absolute atomic E-state index is 12.0. The van der Waals surface area contributed by atoms with E-state index in [4.69, 9.17) is 16.3 Å². The third-order valence-electron chi connectivity index (χ3n) is 3.48. The van der Waals surface area contributed by atoms with Gasteiger partial charge in [-0.3, -0.25) is 19.6 Å². The number of amides is 1. The molecule has 0 saturated heterocycles. The zero-order valence-corrected chi connectivity index (χ0v) is 14.5. The van der Waals surface area contributed by atoms with E-state index in [1.54, 1.807) is 25.6 Å². The highest BCUT2D eigenvalue weighted by molar-refractivity contribution is 6.31. The number of rotatable bonds is 5. The van der Waals surface area contributed by atoms with Crippen LogP contribution in [0.4, 0.5) is 11.4 Å². The van der Waals surface area contributed by atoms with Crippen LogP contribution in [0, 0.1) is 24.0 Å². The summed E-state index contributed by atoms with van der Waals surface area (Å²) in [6.07, 6.45) is 0. The Balaban J connectivity index is 2.06. The molecule has 1 aromatic carbocycles. The molecule has 9 nitrogen and oxygen atoms in total. The van der Waals surface area contributed by atoms with Crippen LogP contribution in [0.2, 0.25) is 5.02 Å². The van der Waals surface area contributed by atoms with Crippen LogP contribution in [0.5, 0.6) is 0 Å². The molecule has 1 amide bonds. The second-order valence-electron chi connectivity index (χ2n) is 5.21. The second kappa shape index (κ2) is 7.31. The average molecular weight is 367 g/mol. The quantitative estimate of drug-likeness (QED) is 0.493. The van der Waals surface area contributed by atoms with Crippen molar-refractivity contribution in [1.82, 2.24) is 9.78 Å². The fraction of sp³-hybridized carbons (Fsp3) is 0.267. The molecule has 132 valence electrons. The van der Waals surface area contributed by atoms with Crippen LogP contribution in [0.25, 0.3) is 0 Å². The van der Waals surface area contributed by atoms with E-state index in [9.17, 15) is 19.7 Å². The first-order valence-electron chi connectivity index (χ1n) is 7.11. The number of hydrogen-bond donors (Lipinski definition) is 1. The molecular weight excluding hydrogens is 352 g/mol. The van der Waals surface area contributed by atoms with E-state index in [1.165, 1.54) is 6.07 Å². The molecule has 0 fully saturated rings. The Bertz CT molecular complexity index is 862. The van der Waals surface area contributed by atoms with Crippen molar-refractivity contribution in [2.75, 3.05) is 11.9 Å². The number of anilines is 1. The van der Waals surface area contributed by atoms with E-state index in [0.29, 0.717) is 11.4 Å². The van der Waals surface area contributed by atoms with Crippen LogP contribution in [0.3, 0.4) is 0 Å². The molecule has 0 atom stereocenters. The lowest BCUT2D eigenvalue weighted by Gasteiger charge is -2.07. The van der Waals surface area contributed by atoms with Crippen LogP contribution in [0.15, 0.2) is 18.2 Å². The lowest BCUT2D eigenvalue weighted by molar-refractivity contribution is -0.385. The summed E-state index contributed by atoms with van der Waals surface area (Å²) in [6, 6.07) is 3.51. The fourth-order valence-corrected chi connectivity index (χ4v) is 2.34. The molecule has 10 heteroatoms. The number of nitro benzene ring substituents is 1. The molecule has 1 aromatic heterocycles. The van der Waals surface area contributed by atoms with Crippen LogP contribution in [-0.4, -0.2) is 33.2 Å². The van der Waals surface area contributed by atoms with Gasteiger partial charge in [-0.15, -0.1) is 0 Å². The lowest BCUT2D eigenvalue weighted by atomic mass is 10.2. The minimum absolute atomic E-state index is 0.142. The zero-order chi connectivity index (χ0) is 18.7. The molecular formula is C15H15ClN4O5. The van der Waals surface area contributed by atoms with Crippen molar-refractivity contribution >= 4 is 34.9 Å². The first kappa shape index (κ1) is 18.4. The normalized spacial score (nSPS) is 10.4. The Kier molecular flexibility index (Phi) is 5.38. The van der Waals surface area contributed by atoms with E-state index in [-0.39, 0.29) is 10.6 Å². The van der Waals surface area contributed by atoms with Crippen LogP contribution in [-0.2, 0) is 16.6 Å². The third-order valence-corrected chi connectivity index (χ3v) is 3.72. The number of nitrogens with zero attached hydrogens (tertiary/aromatic N) is 3. The predicted octanol–water partition coefficient (Wildman–Crippen LogP) is 2.39. The van der Waals surface area contributed by atoms with Crippen molar-refractivity contribution in [3.63, 3.8) is 0 Å². The Labute approximate surface area is 147 Å². The SMILES string of the molecule is Cc1nn(C)c(C)c1NC(=O)COC(=O)c1cc(Cl)ccc1[N+](=O)[O-]. The van der Waals surface area contributed by atoms with Gasteiger partial charge in [0.2, 0.25) is 0 Å². The molecule has 0 aliphatic rings. The molecule has 0 saturated carbocycles. The largest absolute Gasteiger partial charge is 0.452 e. The molecule has 2 rings (SSSR count). The summed E-state index contributed by atoms with van der Waals surface area (Å²) in [4.78, 5) is 34.2. The molecule has 0 spiro atoms. The fourth-order valence-electron chi connectivity index (χ4n) is 2.17. The molecule has 0 radical (unpaired) electrons. The highest BCUT2D eigenvalue weighted by Gasteiger charge is 2.23. The van der Waals surface area contributed by atoms with Gasteiger partial charge in [0.05, 0.1) is 22.0 Å². The first-order chi connectivity index (χ1) is 11.7. The smallest absolute Gasteiger partial charge is 0.345 e. The summed E-state index contributed by atoms with van der Waals surface area (Å²) in [5.41, 5.74) is 1.11. The van der Waals surface area contributed by atoms with Gasteiger partial charge in [-0.25, -0.2) is 4.79 Å². The Morgan fingerprint density at radius 3 is 2.64 bits per heavy atom. The summed E-state index contributed by atoms with van der Waals surface area (Å²) >= 11 is 5.75. The number of nitro groups is 1. The molecule has 25 heavy (non-hydrogen) atoms. The Morgan fingerprint density at radius 2 is 2.08 bits per heavy atom. The van der Waals surface area contributed by atoms with Gasteiger partial charge in [-0.05, 0) is 26.0 Å². The van der Waals surface area contributed by atoms with E-state index >= 15 is 0 Å². The number of carbonyl (C=O) groups is 2. The number of benzene rings is 1. The summed E-state index contributed by atoms with van der Waals surface area (Å²) in [6.45, 7) is 2.90. The number of ether oxygens (including phenoxy) is 1. The average Bonchev–Trinajstić information content (AvgIpc) is 2.78. The van der Waals surface area contributed by atoms with E-state index in [1.807, 2.05) is 0 Å². The van der Waals surface area contributed by atoms with E-state index in [2.05, 4.69) is 10.4 Å². The van der Waals surface area contributed by atoms with Crippen LogP contribution in [0.1, 0.15) is 21.7 Å². The third kappa shape index (κ3) is 4.13. The van der Waals surface area contributed by atoms with Gasteiger partial charge in [0.15, 0.2) is 6.61 Å². The highest BCUT2D eigenvalue weighted by atomic mass is 35.5. The minimum Gasteiger partial charge on any atom is -0.452 e. The standard InChI is InChI=1S/C15H15ClN4O5/c1-8-14(9(2)19(3)18-8)17-13(21)7-25-15(22)11-6-10(16)4-5-12(11)20(23)24/h4-6H,7H2,1-3H3,(H,17,21). The topological polar surface area (TPSA) is 116 Å². The Hall–Kier alpha value is -2.94. The van der Waals surface area contributed by atoms with Crippen molar-refractivity contribution < 1.29 is 19.2 Å². The summed E-state index contributed by atoms with van der Waals surface area (Å²) in [5, 5.41) is 17.8. The molecule has 2 aromatic rings. The van der Waals surface area contributed by atoms with Crippen LogP contribution < -0.4 is 5.32 Å². The van der Waals surface area contributed by atoms with Gasteiger partial charge in [0.25, 0.3) is 11.6 Å². The zero-order valence-electron chi connectivity index (χ0n) is 13.7. The molecule has 0 aliphatic heterocycles.